The quantitative estimate of drug-likeness (QED) is 0.776. The highest BCUT2D eigenvalue weighted by molar-refractivity contribution is 5.84. The number of fused-ring (bicyclic) bond motifs is 1. The van der Waals surface area contributed by atoms with Crippen molar-refractivity contribution in [3.63, 3.8) is 0 Å². The van der Waals surface area contributed by atoms with Gasteiger partial charge in [0.25, 0.3) is 0 Å². The molecule has 5 nitrogen and oxygen atoms in total. The summed E-state index contributed by atoms with van der Waals surface area (Å²) in [5, 5.41) is 12.4. The molecule has 2 aromatic heterocycles. The van der Waals surface area contributed by atoms with Gasteiger partial charge in [-0.1, -0.05) is 18.2 Å². The molecule has 3 rings (SSSR count). The molecule has 0 fully saturated rings. The number of para-hydroxylation sites is 1. The van der Waals surface area contributed by atoms with Crippen LogP contribution in [0.2, 0.25) is 0 Å². The van der Waals surface area contributed by atoms with E-state index in [4.69, 9.17) is 4.42 Å². The maximum Gasteiger partial charge on any atom is 0.236 e. The zero-order valence-corrected chi connectivity index (χ0v) is 11.1. The standard InChI is InChI=1S/C14H16N4O/c1-10-16-17-14(19-10)9-18-8-11(7-15-2)12-5-3-4-6-13(12)18/h3-6,8,15H,7,9H2,1-2H3. The Balaban J connectivity index is 2.03. The van der Waals surface area contributed by atoms with E-state index in [0.29, 0.717) is 18.3 Å². The summed E-state index contributed by atoms with van der Waals surface area (Å²) in [6.45, 7) is 3.25. The van der Waals surface area contributed by atoms with Crippen LogP contribution < -0.4 is 5.32 Å². The van der Waals surface area contributed by atoms with Crippen LogP contribution in [0.5, 0.6) is 0 Å². The van der Waals surface area contributed by atoms with Crippen LogP contribution in [-0.4, -0.2) is 21.8 Å². The van der Waals surface area contributed by atoms with E-state index in [1.807, 2.05) is 13.1 Å². The molecule has 0 unspecified atom stereocenters. The third-order valence-corrected chi connectivity index (χ3v) is 3.11. The van der Waals surface area contributed by atoms with E-state index in [2.05, 4.69) is 44.5 Å². The number of rotatable bonds is 4. The van der Waals surface area contributed by atoms with Gasteiger partial charge in [0.15, 0.2) is 0 Å². The molecule has 0 spiro atoms. The maximum atomic E-state index is 5.45. The summed E-state index contributed by atoms with van der Waals surface area (Å²) in [6.07, 6.45) is 2.14. The summed E-state index contributed by atoms with van der Waals surface area (Å²) < 4.78 is 7.59. The highest BCUT2D eigenvalue weighted by Crippen LogP contribution is 2.22. The minimum atomic E-state index is 0.599. The van der Waals surface area contributed by atoms with Crippen LogP contribution in [0.4, 0.5) is 0 Å². The molecule has 0 amide bonds. The Morgan fingerprint density at radius 1 is 1.26 bits per heavy atom. The molecule has 19 heavy (non-hydrogen) atoms. The monoisotopic (exact) mass is 256 g/mol. The molecule has 0 aliphatic carbocycles. The third-order valence-electron chi connectivity index (χ3n) is 3.11. The SMILES string of the molecule is CNCc1cn(Cc2nnc(C)o2)c2ccccc12. The van der Waals surface area contributed by atoms with E-state index in [1.165, 1.54) is 16.5 Å². The van der Waals surface area contributed by atoms with Crippen LogP contribution in [0.3, 0.4) is 0 Å². The summed E-state index contributed by atoms with van der Waals surface area (Å²) in [4.78, 5) is 0. The molecule has 0 saturated heterocycles. The predicted octanol–water partition coefficient (Wildman–Crippen LogP) is 2.10. The number of aromatic nitrogens is 3. The van der Waals surface area contributed by atoms with Crippen LogP contribution in [0, 0.1) is 6.92 Å². The first-order valence-corrected chi connectivity index (χ1v) is 6.28. The van der Waals surface area contributed by atoms with Gasteiger partial charge in [0.1, 0.15) is 6.54 Å². The Bertz CT molecular complexity index is 698. The summed E-state index contributed by atoms with van der Waals surface area (Å²) in [5.41, 5.74) is 2.46. The van der Waals surface area contributed by atoms with Gasteiger partial charge < -0.3 is 14.3 Å². The first kappa shape index (κ1) is 11.9. The summed E-state index contributed by atoms with van der Waals surface area (Å²) in [6, 6.07) is 8.35. The number of hydrogen-bond acceptors (Lipinski definition) is 4. The molecule has 2 heterocycles. The fraction of sp³-hybridized carbons (Fsp3) is 0.286. The highest BCUT2D eigenvalue weighted by atomic mass is 16.4. The lowest BCUT2D eigenvalue weighted by molar-refractivity contribution is 0.457. The summed E-state index contributed by atoms with van der Waals surface area (Å²) in [7, 11) is 1.95. The zero-order chi connectivity index (χ0) is 13.2. The van der Waals surface area contributed by atoms with Gasteiger partial charge in [0.05, 0.1) is 0 Å². The molecule has 0 aliphatic heterocycles. The summed E-state index contributed by atoms with van der Waals surface area (Å²) >= 11 is 0. The second-order valence-corrected chi connectivity index (χ2v) is 4.54. The van der Waals surface area contributed by atoms with Gasteiger partial charge in [-0.15, -0.1) is 10.2 Å². The average molecular weight is 256 g/mol. The van der Waals surface area contributed by atoms with Gasteiger partial charge in [-0.3, -0.25) is 0 Å². The Hall–Kier alpha value is -2.14. The second kappa shape index (κ2) is 4.85. The Morgan fingerprint density at radius 3 is 2.84 bits per heavy atom. The molecule has 0 atom stereocenters. The molecule has 0 saturated carbocycles. The first-order valence-electron chi connectivity index (χ1n) is 6.28. The van der Waals surface area contributed by atoms with Crippen LogP contribution in [0.15, 0.2) is 34.9 Å². The van der Waals surface area contributed by atoms with Crippen LogP contribution in [-0.2, 0) is 13.1 Å². The lowest BCUT2D eigenvalue weighted by Crippen LogP contribution is -2.04. The van der Waals surface area contributed by atoms with Crippen molar-refractivity contribution in [2.45, 2.75) is 20.0 Å². The lowest BCUT2D eigenvalue weighted by atomic mass is 10.2. The van der Waals surface area contributed by atoms with Crippen molar-refractivity contribution in [3.05, 3.63) is 47.8 Å². The molecule has 0 radical (unpaired) electrons. The van der Waals surface area contributed by atoms with Crippen molar-refractivity contribution in [2.75, 3.05) is 7.05 Å². The normalized spacial score (nSPS) is 11.3. The van der Waals surface area contributed by atoms with Gasteiger partial charge >= 0.3 is 0 Å². The van der Waals surface area contributed by atoms with E-state index in [9.17, 15) is 0 Å². The van der Waals surface area contributed by atoms with Gasteiger partial charge in [0, 0.05) is 30.6 Å². The highest BCUT2D eigenvalue weighted by Gasteiger charge is 2.10. The largest absolute Gasteiger partial charge is 0.424 e. The fourth-order valence-corrected chi connectivity index (χ4v) is 2.33. The molecule has 5 heteroatoms. The Kier molecular flexibility index (Phi) is 3.05. The van der Waals surface area contributed by atoms with E-state index < -0.39 is 0 Å². The fourth-order valence-electron chi connectivity index (χ4n) is 2.33. The Labute approximate surface area is 111 Å². The molecular formula is C14H16N4O. The van der Waals surface area contributed by atoms with Gasteiger partial charge in [-0.2, -0.15) is 0 Å². The molecule has 3 aromatic rings. The average Bonchev–Trinajstić information content (AvgIpc) is 2.97. The molecule has 0 aliphatic rings. The summed E-state index contributed by atoms with van der Waals surface area (Å²) in [5.74, 6) is 1.23. The van der Waals surface area contributed by atoms with E-state index in [0.717, 1.165) is 6.54 Å². The van der Waals surface area contributed by atoms with Crippen LogP contribution in [0.25, 0.3) is 10.9 Å². The van der Waals surface area contributed by atoms with Crippen molar-refractivity contribution in [1.29, 1.82) is 0 Å². The second-order valence-electron chi connectivity index (χ2n) is 4.54. The van der Waals surface area contributed by atoms with E-state index >= 15 is 0 Å². The minimum absolute atomic E-state index is 0.599. The van der Waals surface area contributed by atoms with Crippen LogP contribution >= 0.6 is 0 Å². The van der Waals surface area contributed by atoms with Gasteiger partial charge in [-0.25, -0.2) is 0 Å². The first-order chi connectivity index (χ1) is 9.28. The van der Waals surface area contributed by atoms with Crippen molar-refractivity contribution in [2.24, 2.45) is 0 Å². The molecule has 1 aromatic carbocycles. The smallest absolute Gasteiger partial charge is 0.236 e. The zero-order valence-electron chi connectivity index (χ0n) is 11.1. The number of hydrogen-bond donors (Lipinski definition) is 1. The van der Waals surface area contributed by atoms with Crippen molar-refractivity contribution in [3.8, 4) is 0 Å². The number of nitrogens with one attached hydrogen (secondary N) is 1. The molecule has 0 bridgehead atoms. The van der Waals surface area contributed by atoms with Crippen molar-refractivity contribution < 1.29 is 4.42 Å². The number of aryl methyl sites for hydroxylation is 1. The topological polar surface area (TPSA) is 55.9 Å². The van der Waals surface area contributed by atoms with E-state index in [-0.39, 0.29) is 0 Å². The van der Waals surface area contributed by atoms with Crippen molar-refractivity contribution in [1.82, 2.24) is 20.1 Å². The molecule has 98 valence electrons. The number of benzene rings is 1. The molecular weight excluding hydrogens is 240 g/mol. The predicted molar refractivity (Wildman–Crippen MR) is 72.8 cm³/mol. The lowest BCUT2D eigenvalue weighted by Gasteiger charge is -2.00. The van der Waals surface area contributed by atoms with Crippen LogP contribution in [0.1, 0.15) is 17.3 Å². The van der Waals surface area contributed by atoms with Gasteiger partial charge in [-0.05, 0) is 18.7 Å². The minimum Gasteiger partial charge on any atom is -0.424 e. The van der Waals surface area contributed by atoms with Gasteiger partial charge in [0.2, 0.25) is 11.8 Å². The third kappa shape index (κ3) is 2.24. The number of nitrogens with zero attached hydrogens (tertiary/aromatic N) is 3. The Morgan fingerprint density at radius 2 is 2.11 bits per heavy atom. The maximum absolute atomic E-state index is 5.45. The molecule has 1 N–H and O–H groups in total. The van der Waals surface area contributed by atoms with Crippen molar-refractivity contribution >= 4 is 10.9 Å². The van der Waals surface area contributed by atoms with E-state index in [1.54, 1.807) is 6.92 Å².